The van der Waals surface area contributed by atoms with Crippen molar-refractivity contribution in [2.24, 2.45) is 0 Å². The third-order valence-corrected chi connectivity index (χ3v) is 2.57. The topological polar surface area (TPSA) is 29.1 Å². The summed E-state index contributed by atoms with van der Waals surface area (Å²) in [4.78, 5) is 11.1. The Hall–Kier alpha value is -2.09. The maximum Gasteiger partial charge on any atom is 0.221 e. The van der Waals surface area contributed by atoms with Crippen LogP contribution >= 0.6 is 0 Å². The minimum absolute atomic E-state index is 0.0366. The molecule has 2 rings (SSSR count). The molecule has 2 nitrogen and oxygen atoms in total. The number of anilines is 1. The zero-order valence-corrected chi connectivity index (χ0v) is 9.81. The van der Waals surface area contributed by atoms with Gasteiger partial charge in [-0.2, -0.15) is 0 Å². The van der Waals surface area contributed by atoms with Gasteiger partial charge in [0.05, 0.1) is 0 Å². The number of para-hydroxylation sites is 1. The second kappa shape index (κ2) is 5.30. The summed E-state index contributed by atoms with van der Waals surface area (Å²) in [7, 11) is 0. The van der Waals surface area contributed by atoms with Crippen LogP contribution in [-0.2, 0) is 11.2 Å². The highest BCUT2D eigenvalue weighted by atomic mass is 16.1. The first-order chi connectivity index (χ1) is 8.25. The van der Waals surface area contributed by atoms with Crippen molar-refractivity contribution in [1.82, 2.24) is 0 Å². The molecule has 0 aliphatic carbocycles. The lowest BCUT2D eigenvalue weighted by Crippen LogP contribution is -2.08. The maximum absolute atomic E-state index is 11.1. The van der Waals surface area contributed by atoms with Crippen LogP contribution in [0.5, 0.6) is 0 Å². The summed E-state index contributed by atoms with van der Waals surface area (Å²) in [5.74, 6) is -0.0366. The van der Waals surface area contributed by atoms with Crippen molar-refractivity contribution in [3.63, 3.8) is 0 Å². The van der Waals surface area contributed by atoms with Gasteiger partial charge in [0.25, 0.3) is 0 Å². The third-order valence-electron chi connectivity index (χ3n) is 2.57. The van der Waals surface area contributed by atoms with Gasteiger partial charge in [0.1, 0.15) is 0 Å². The first-order valence-electron chi connectivity index (χ1n) is 5.65. The molecule has 0 bridgehead atoms. The molecule has 1 amide bonds. The van der Waals surface area contributed by atoms with Crippen LogP contribution in [0.3, 0.4) is 0 Å². The molecule has 0 aliphatic heterocycles. The molecule has 2 heteroatoms. The molecule has 0 atom stereocenters. The van der Waals surface area contributed by atoms with Crippen molar-refractivity contribution in [3.05, 3.63) is 65.7 Å². The Morgan fingerprint density at radius 1 is 1.00 bits per heavy atom. The number of hydrogen-bond acceptors (Lipinski definition) is 1. The average Bonchev–Trinajstić information content (AvgIpc) is 2.32. The van der Waals surface area contributed by atoms with Crippen LogP contribution in [0.2, 0.25) is 0 Å². The van der Waals surface area contributed by atoms with Gasteiger partial charge in [-0.05, 0) is 23.6 Å². The lowest BCUT2D eigenvalue weighted by Gasteiger charge is -2.09. The van der Waals surface area contributed by atoms with E-state index in [0.717, 1.165) is 17.7 Å². The Bertz CT molecular complexity index is 505. The summed E-state index contributed by atoms with van der Waals surface area (Å²) in [6, 6.07) is 18.1. The molecule has 2 aromatic rings. The van der Waals surface area contributed by atoms with E-state index < -0.39 is 0 Å². The molecule has 0 radical (unpaired) electrons. The van der Waals surface area contributed by atoms with Crippen molar-refractivity contribution < 1.29 is 4.79 Å². The predicted molar refractivity (Wildman–Crippen MR) is 70.0 cm³/mol. The molecule has 17 heavy (non-hydrogen) atoms. The Morgan fingerprint density at radius 2 is 1.65 bits per heavy atom. The third kappa shape index (κ3) is 3.18. The molecule has 0 spiro atoms. The maximum atomic E-state index is 11.1. The molecular weight excluding hydrogens is 210 g/mol. The molecule has 0 aromatic heterocycles. The van der Waals surface area contributed by atoms with Gasteiger partial charge in [-0.15, -0.1) is 0 Å². The van der Waals surface area contributed by atoms with Crippen LogP contribution in [0, 0.1) is 0 Å². The lowest BCUT2D eigenvalue weighted by atomic mass is 10.0. The number of carbonyl (C=O) groups excluding carboxylic acids is 1. The number of nitrogens with one attached hydrogen (secondary N) is 1. The number of benzene rings is 2. The lowest BCUT2D eigenvalue weighted by molar-refractivity contribution is -0.114. The van der Waals surface area contributed by atoms with E-state index in [1.165, 1.54) is 12.5 Å². The van der Waals surface area contributed by atoms with Gasteiger partial charge < -0.3 is 5.32 Å². The fraction of sp³-hybridized carbons (Fsp3) is 0.133. The molecule has 2 aromatic carbocycles. The van der Waals surface area contributed by atoms with E-state index in [-0.39, 0.29) is 5.91 Å². The van der Waals surface area contributed by atoms with Gasteiger partial charge in [-0.3, -0.25) is 4.79 Å². The number of amides is 1. The summed E-state index contributed by atoms with van der Waals surface area (Å²) in [5.41, 5.74) is 3.27. The highest BCUT2D eigenvalue weighted by Crippen LogP contribution is 2.18. The van der Waals surface area contributed by atoms with Gasteiger partial charge in [0.2, 0.25) is 5.91 Å². The summed E-state index contributed by atoms with van der Waals surface area (Å²) in [6.45, 7) is 1.53. The van der Waals surface area contributed by atoms with Crippen LogP contribution in [0.25, 0.3) is 0 Å². The standard InChI is InChI=1S/C15H15NO/c1-12(17)16-15-10-6-5-9-14(15)11-13-7-3-2-4-8-13/h2-10H,11H2,1H3,(H,16,17). The zero-order chi connectivity index (χ0) is 12.1. The van der Waals surface area contributed by atoms with Crippen molar-refractivity contribution >= 4 is 11.6 Å². The second-order valence-electron chi connectivity index (χ2n) is 4.00. The molecule has 86 valence electrons. The summed E-state index contributed by atoms with van der Waals surface area (Å²) in [6.07, 6.45) is 0.831. The molecular formula is C15H15NO. The normalized spacial score (nSPS) is 9.94. The molecule has 0 saturated carbocycles. The molecule has 0 aliphatic rings. The number of rotatable bonds is 3. The predicted octanol–water partition coefficient (Wildman–Crippen LogP) is 3.24. The molecule has 1 N–H and O–H groups in total. The van der Waals surface area contributed by atoms with Gasteiger partial charge >= 0.3 is 0 Å². The van der Waals surface area contributed by atoms with Crippen LogP contribution in [0.15, 0.2) is 54.6 Å². The fourth-order valence-corrected chi connectivity index (χ4v) is 1.80. The Kier molecular flexibility index (Phi) is 3.55. The summed E-state index contributed by atoms with van der Waals surface area (Å²) >= 11 is 0. The van der Waals surface area contributed by atoms with Crippen molar-refractivity contribution in [2.75, 3.05) is 5.32 Å². The molecule has 0 saturated heterocycles. The minimum atomic E-state index is -0.0366. The monoisotopic (exact) mass is 225 g/mol. The number of carbonyl (C=O) groups is 1. The highest BCUT2D eigenvalue weighted by Gasteiger charge is 2.03. The van der Waals surface area contributed by atoms with Gasteiger partial charge in [0.15, 0.2) is 0 Å². The van der Waals surface area contributed by atoms with Crippen LogP contribution < -0.4 is 5.32 Å². The van der Waals surface area contributed by atoms with E-state index in [0.29, 0.717) is 0 Å². The van der Waals surface area contributed by atoms with E-state index in [2.05, 4.69) is 17.4 Å². The van der Waals surface area contributed by atoms with Gasteiger partial charge in [-0.1, -0.05) is 48.5 Å². The minimum Gasteiger partial charge on any atom is -0.326 e. The Morgan fingerprint density at radius 3 is 2.35 bits per heavy atom. The smallest absolute Gasteiger partial charge is 0.221 e. The van der Waals surface area contributed by atoms with Gasteiger partial charge in [0, 0.05) is 12.6 Å². The van der Waals surface area contributed by atoms with E-state index >= 15 is 0 Å². The Labute approximate surface area is 101 Å². The molecule has 0 unspecified atom stereocenters. The Balaban J connectivity index is 2.23. The number of hydrogen-bond donors (Lipinski definition) is 1. The fourth-order valence-electron chi connectivity index (χ4n) is 1.80. The SMILES string of the molecule is CC(=O)Nc1ccccc1Cc1ccccc1. The van der Waals surface area contributed by atoms with E-state index in [1.807, 2.05) is 42.5 Å². The van der Waals surface area contributed by atoms with E-state index in [4.69, 9.17) is 0 Å². The van der Waals surface area contributed by atoms with Crippen molar-refractivity contribution in [1.29, 1.82) is 0 Å². The van der Waals surface area contributed by atoms with Gasteiger partial charge in [-0.25, -0.2) is 0 Å². The second-order valence-corrected chi connectivity index (χ2v) is 4.00. The van der Waals surface area contributed by atoms with Crippen molar-refractivity contribution in [2.45, 2.75) is 13.3 Å². The zero-order valence-electron chi connectivity index (χ0n) is 9.81. The summed E-state index contributed by atoms with van der Waals surface area (Å²) in [5, 5.41) is 2.85. The first-order valence-corrected chi connectivity index (χ1v) is 5.65. The van der Waals surface area contributed by atoms with Crippen LogP contribution in [0.4, 0.5) is 5.69 Å². The van der Waals surface area contributed by atoms with Crippen LogP contribution in [-0.4, -0.2) is 5.91 Å². The largest absolute Gasteiger partial charge is 0.326 e. The average molecular weight is 225 g/mol. The molecule has 0 heterocycles. The van der Waals surface area contributed by atoms with Crippen molar-refractivity contribution in [3.8, 4) is 0 Å². The quantitative estimate of drug-likeness (QED) is 0.853. The van der Waals surface area contributed by atoms with E-state index in [1.54, 1.807) is 0 Å². The van der Waals surface area contributed by atoms with E-state index in [9.17, 15) is 4.79 Å². The first kappa shape index (κ1) is 11.4. The summed E-state index contributed by atoms with van der Waals surface area (Å²) < 4.78 is 0. The molecule has 0 fully saturated rings. The van der Waals surface area contributed by atoms with Crippen LogP contribution in [0.1, 0.15) is 18.1 Å². The highest BCUT2D eigenvalue weighted by molar-refractivity contribution is 5.89.